The SMILES string of the molecule is C/C=C\C(C)=C(/C)Br. The van der Waals surface area contributed by atoms with Gasteiger partial charge in [-0.1, -0.05) is 28.1 Å². The molecule has 0 aromatic heterocycles. The van der Waals surface area contributed by atoms with E-state index in [1.165, 1.54) is 10.1 Å². The molecule has 0 aliphatic heterocycles. The van der Waals surface area contributed by atoms with Gasteiger partial charge in [0, 0.05) is 0 Å². The molecule has 0 radical (unpaired) electrons. The molecule has 0 unspecified atom stereocenters. The van der Waals surface area contributed by atoms with Gasteiger partial charge >= 0.3 is 0 Å². The van der Waals surface area contributed by atoms with Crippen LogP contribution >= 0.6 is 15.9 Å². The van der Waals surface area contributed by atoms with Crippen molar-refractivity contribution >= 4 is 15.9 Å². The molecule has 1 heteroatoms. The lowest BCUT2D eigenvalue weighted by atomic mass is 10.3. The van der Waals surface area contributed by atoms with Crippen molar-refractivity contribution in [3.63, 3.8) is 0 Å². The summed E-state index contributed by atoms with van der Waals surface area (Å²) in [6.07, 6.45) is 4.10. The average Bonchev–Trinajstić information content (AvgIpc) is 1.67. The molecule has 0 spiro atoms. The Morgan fingerprint density at radius 2 is 1.88 bits per heavy atom. The first kappa shape index (κ1) is 7.96. The molecule has 0 aromatic rings. The van der Waals surface area contributed by atoms with E-state index in [2.05, 4.69) is 28.9 Å². The van der Waals surface area contributed by atoms with E-state index in [0.29, 0.717) is 0 Å². The Hall–Kier alpha value is -0.0400. The lowest BCUT2D eigenvalue weighted by Gasteiger charge is -1.89. The van der Waals surface area contributed by atoms with Crippen LogP contribution in [0.25, 0.3) is 0 Å². The van der Waals surface area contributed by atoms with Crippen LogP contribution in [0.3, 0.4) is 0 Å². The average molecular weight is 175 g/mol. The Bertz CT molecular complexity index is 116. The molecule has 0 aromatic carbocycles. The standard InChI is InChI=1S/C7H11Br/c1-4-5-6(2)7(3)8/h4-5H,1-3H3/b5-4-,7-6+. The van der Waals surface area contributed by atoms with E-state index in [1.807, 2.05) is 19.9 Å². The summed E-state index contributed by atoms with van der Waals surface area (Å²) >= 11 is 3.37. The molecule has 0 aliphatic rings. The fourth-order valence-electron chi connectivity index (χ4n) is 0.365. The fourth-order valence-corrected chi connectivity index (χ4v) is 0.497. The molecule has 0 rings (SSSR count). The van der Waals surface area contributed by atoms with Crippen molar-refractivity contribution in [1.82, 2.24) is 0 Å². The minimum absolute atomic E-state index is 1.20. The second-order valence-corrected chi connectivity index (χ2v) is 2.91. The monoisotopic (exact) mass is 174 g/mol. The van der Waals surface area contributed by atoms with Crippen LogP contribution in [0, 0.1) is 0 Å². The largest absolute Gasteiger partial charge is 0.0874 e. The van der Waals surface area contributed by atoms with E-state index in [1.54, 1.807) is 0 Å². The second-order valence-electron chi connectivity index (χ2n) is 1.72. The van der Waals surface area contributed by atoms with Gasteiger partial charge in [-0.2, -0.15) is 0 Å². The third kappa shape index (κ3) is 3.03. The molecule has 0 saturated heterocycles. The number of hydrogen-bond acceptors (Lipinski definition) is 0. The van der Waals surface area contributed by atoms with Gasteiger partial charge in [-0.05, 0) is 30.8 Å². The van der Waals surface area contributed by atoms with Crippen LogP contribution in [-0.2, 0) is 0 Å². The summed E-state index contributed by atoms with van der Waals surface area (Å²) in [6.45, 7) is 6.12. The fraction of sp³-hybridized carbons (Fsp3) is 0.429. The third-order valence-corrected chi connectivity index (χ3v) is 1.59. The molecule has 0 fully saturated rings. The quantitative estimate of drug-likeness (QED) is 0.536. The number of halogens is 1. The van der Waals surface area contributed by atoms with E-state index in [9.17, 15) is 0 Å². The maximum Gasteiger partial charge on any atom is -0.00513 e. The molecular formula is C7H11Br. The van der Waals surface area contributed by atoms with Crippen molar-refractivity contribution in [2.45, 2.75) is 20.8 Å². The van der Waals surface area contributed by atoms with Crippen LogP contribution in [0.2, 0.25) is 0 Å². The lowest BCUT2D eigenvalue weighted by molar-refractivity contribution is 1.45. The zero-order chi connectivity index (χ0) is 6.57. The Labute approximate surface area is 59.4 Å². The van der Waals surface area contributed by atoms with Crippen LogP contribution in [0.1, 0.15) is 20.8 Å². The van der Waals surface area contributed by atoms with Gasteiger partial charge < -0.3 is 0 Å². The van der Waals surface area contributed by atoms with Crippen LogP contribution < -0.4 is 0 Å². The van der Waals surface area contributed by atoms with Crippen molar-refractivity contribution < 1.29 is 0 Å². The smallest absolute Gasteiger partial charge is 0.00513 e. The van der Waals surface area contributed by atoms with E-state index in [0.717, 1.165) is 0 Å². The molecule has 0 heterocycles. The van der Waals surface area contributed by atoms with Gasteiger partial charge in [-0.15, -0.1) is 0 Å². The third-order valence-electron chi connectivity index (χ3n) is 0.960. The van der Waals surface area contributed by atoms with E-state index in [4.69, 9.17) is 0 Å². The maximum absolute atomic E-state index is 3.37. The topological polar surface area (TPSA) is 0 Å². The first-order valence-corrected chi connectivity index (χ1v) is 3.43. The molecule has 0 aliphatic carbocycles. The Morgan fingerprint density at radius 1 is 1.38 bits per heavy atom. The highest BCUT2D eigenvalue weighted by Gasteiger charge is 1.82. The van der Waals surface area contributed by atoms with Crippen molar-refractivity contribution in [2.75, 3.05) is 0 Å². The van der Waals surface area contributed by atoms with E-state index < -0.39 is 0 Å². The van der Waals surface area contributed by atoms with Gasteiger partial charge in [0.2, 0.25) is 0 Å². The minimum Gasteiger partial charge on any atom is -0.0874 e. The highest BCUT2D eigenvalue weighted by Crippen LogP contribution is 2.10. The van der Waals surface area contributed by atoms with Gasteiger partial charge in [0.25, 0.3) is 0 Å². The Balaban J connectivity index is 4.00. The Kier molecular flexibility index (Phi) is 3.88. The van der Waals surface area contributed by atoms with Crippen molar-refractivity contribution in [1.29, 1.82) is 0 Å². The summed E-state index contributed by atoms with van der Waals surface area (Å²) in [4.78, 5) is 0. The summed E-state index contributed by atoms with van der Waals surface area (Å²) < 4.78 is 1.20. The molecule has 46 valence electrons. The molecule has 0 atom stereocenters. The maximum atomic E-state index is 3.37. The zero-order valence-corrected chi connectivity index (χ0v) is 7.12. The van der Waals surface area contributed by atoms with Crippen molar-refractivity contribution in [3.05, 3.63) is 22.2 Å². The van der Waals surface area contributed by atoms with E-state index in [-0.39, 0.29) is 0 Å². The van der Waals surface area contributed by atoms with Crippen LogP contribution in [-0.4, -0.2) is 0 Å². The molecule has 0 nitrogen and oxygen atoms in total. The molecule has 0 saturated carbocycles. The van der Waals surface area contributed by atoms with Crippen LogP contribution in [0.15, 0.2) is 22.2 Å². The molecule has 8 heavy (non-hydrogen) atoms. The van der Waals surface area contributed by atoms with Gasteiger partial charge in [0.1, 0.15) is 0 Å². The molecule has 0 bridgehead atoms. The lowest BCUT2D eigenvalue weighted by Crippen LogP contribution is -1.67. The van der Waals surface area contributed by atoms with Crippen LogP contribution in [0.5, 0.6) is 0 Å². The number of hydrogen-bond donors (Lipinski definition) is 0. The predicted octanol–water partition coefficient (Wildman–Crippen LogP) is 3.25. The minimum atomic E-state index is 1.20. The molecule has 0 amide bonds. The van der Waals surface area contributed by atoms with Crippen LogP contribution in [0.4, 0.5) is 0 Å². The van der Waals surface area contributed by atoms with E-state index >= 15 is 0 Å². The predicted molar refractivity (Wildman–Crippen MR) is 42.1 cm³/mol. The molecule has 0 N–H and O–H groups in total. The van der Waals surface area contributed by atoms with Gasteiger partial charge in [-0.3, -0.25) is 0 Å². The number of allylic oxidation sites excluding steroid dienone is 4. The van der Waals surface area contributed by atoms with Crippen molar-refractivity contribution in [3.8, 4) is 0 Å². The zero-order valence-electron chi connectivity index (χ0n) is 5.53. The normalized spacial score (nSPS) is 14.5. The summed E-state index contributed by atoms with van der Waals surface area (Å²) in [5.41, 5.74) is 1.28. The highest BCUT2D eigenvalue weighted by molar-refractivity contribution is 9.11. The molecular weight excluding hydrogens is 164 g/mol. The highest BCUT2D eigenvalue weighted by atomic mass is 79.9. The van der Waals surface area contributed by atoms with Gasteiger partial charge in [0.15, 0.2) is 0 Å². The summed E-state index contributed by atoms with van der Waals surface area (Å²) in [5, 5.41) is 0. The first-order chi connectivity index (χ1) is 3.68. The summed E-state index contributed by atoms with van der Waals surface area (Å²) in [5.74, 6) is 0. The first-order valence-electron chi connectivity index (χ1n) is 2.64. The number of rotatable bonds is 1. The Morgan fingerprint density at radius 3 is 2.00 bits per heavy atom. The summed E-state index contributed by atoms with van der Waals surface area (Å²) in [7, 11) is 0. The second kappa shape index (κ2) is 3.90. The van der Waals surface area contributed by atoms with Gasteiger partial charge in [0.05, 0.1) is 0 Å². The van der Waals surface area contributed by atoms with Crippen molar-refractivity contribution in [2.24, 2.45) is 0 Å². The van der Waals surface area contributed by atoms with Gasteiger partial charge in [-0.25, -0.2) is 0 Å². The summed E-state index contributed by atoms with van der Waals surface area (Å²) in [6, 6.07) is 0.